The standard InChI is InChI=1S/C34H34N2O4/c1-33(2,3)40-32(39)30(21-24(37)22-31(38)29-19-11-12-20-35-29)36-34(23-13-5-4-6-14-23)27-17-9-7-15-25(27)26-16-8-10-18-28(26)34/h4-20,24,30,36-37H,21-22H2,1-3H3/t24-,30-/m0/s1. The van der Waals surface area contributed by atoms with Crippen LogP contribution in [0.15, 0.2) is 103 Å². The van der Waals surface area contributed by atoms with Gasteiger partial charge in [-0.2, -0.15) is 0 Å². The van der Waals surface area contributed by atoms with Crippen molar-refractivity contribution in [2.24, 2.45) is 0 Å². The van der Waals surface area contributed by atoms with E-state index in [1.807, 2.05) is 75.4 Å². The minimum atomic E-state index is -1.10. The number of pyridine rings is 1. The van der Waals surface area contributed by atoms with Gasteiger partial charge in [0.25, 0.3) is 0 Å². The maximum Gasteiger partial charge on any atom is 0.323 e. The average Bonchev–Trinajstić information content (AvgIpc) is 3.23. The maximum absolute atomic E-state index is 13.7. The van der Waals surface area contributed by atoms with Crippen LogP contribution in [0.1, 0.15) is 60.8 Å². The molecule has 0 saturated carbocycles. The molecule has 6 heteroatoms. The largest absolute Gasteiger partial charge is 0.459 e. The minimum Gasteiger partial charge on any atom is -0.459 e. The van der Waals surface area contributed by atoms with Gasteiger partial charge in [0.05, 0.1) is 11.6 Å². The Morgan fingerprint density at radius 1 is 0.850 bits per heavy atom. The summed E-state index contributed by atoms with van der Waals surface area (Å²) in [7, 11) is 0. The third-order valence-corrected chi connectivity index (χ3v) is 7.12. The van der Waals surface area contributed by atoms with E-state index in [1.165, 1.54) is 0 Å². The molecule has 6 nitrogen and oxygen atoms in total. The Labute approximate surface area is 235 Å². The van der Waals surface area contributed by atoms with Crippen LogP contribution in [0, 0.1) is 0 Å². The average molecular weight is 535 g/mol. The highest BCUT2D eigenvalue weighted by Gasteiger charge is 2.47. The van der Waals surface area contributed by atoms with Gasteiger partial charge in [-0.3, -0.25) is 19.9 Å². The second kappa shape index (κ2) is 11.2. The number of fused-ring (bicyclic) bond motifs is 3. The number of carbonyl (C=O) groups is 2. The Bertz CT molecular complexity index is 1450. The highest BCUT2D eigenvalue weighted by Crippen LogP contribution is 2.51. The fourth-order valence-corrected chi connectivity index (χ4v) is 5.52. The van der Waals surface area contributed by atoms with Crippen molar-refractivity contribution < 1.29 is 19.4 Å². The summed E-state index contributed by atoms with van der Waals surface area (Å²) in [6.07, 6.45) is 0.262. The molecule has 2 atom stereocenters. The molecule has 0 aliphatic heterocycles. The van der Waals surface area contributed by atoms with E-state index < -0.39 is 29.3 Å². The van der Waals surface area contributed by atoms with Crippen LogP contribution >= 0.6 is 0 Å². The lowest BCUT2D eigenvalue weighted by atomic mass is 9.79. The van der Waals surface area contributed by atoms with Crippen molar-refractivity contribution in [1.29, 1.82) is 0 Å². The van der Waals surface area contributed by atoms with E-state index >= 15 is 0 Å². The van der Waals surface area contributed by atoms with Crippen molar-refractivity contribution in [3.05, 3.63) is 126 Å². The van der Waals surface area contributed by atoms with Crippen molar-refractivity contribution in [3.8, 4) is 11.1 Å². The zero-order chi connectivity index (χ0) is 28.3. The first-order valence-corrected chi connectivity index (χ1v) is 13.6. The number of hydrogen-bond acceptors (Lipinski definition) is 6. The van der Waals surface area contributed by atoms with Gasteiger partial charge in [-0.1, -0.05) is 84.9 Å². The molecule has 40 heavy (non-hydrogen) atoms. The number of carbonyl (C=O) groups excluding carboxylic acids is 2. The summed E-state index contributed by atoms with van der Waals surface area (Å²) < 4.78 is 5.85. The first-order chi connectivity index (χ1) is 19.2. The van der Waals surface area contributed by atoms with E-state index in [0.717, 1.165) is 27.8 Å². The molecular formula is C34H34N2O4. The zero-order valence-electron chi connectivity index (χ0n) is 23.0. The predicted octanol–water partition coefficient (Wildman–Crippen LogP) is 5.68. The first-order valence-electron chi connectivity index (χ1n) is 13.6. The van der Waals surface area contributed by atoms with Gasteiger partial charge in [0.15, 0.2) is 5.78 Å². The van der Waals surface area contributed by atoms with Crippen LogP contribution in [0.2, 0.25) is 0 Å². The molecule has 3 aromatic carbocycles. The Morgan fingerprint density at radius 2 is 1.43 bits per heavy atom. The molecule has 204 valence electrons. The number of benzene rings is 3. The molecule has 2 N–H and O–H groups in total. The van der Waals surface area contributed by atoms with Gasteiger partial charge in [-0.15, -0.1) is 0 Å². The van der Waals surface area contributed by atoms with Crippen molar-refractivity contribution in [1.82, 2.24) is 10.3 Å². The van der Waals surface area contributed by atoms with Crippen LogP contribution in [-0.4, -0.2) is 39.6 Å². The second-order valence-electron chi connectivity index (χ2n) is 11.2. The van der Waals surface area contributed by atoms with Gasteiger partial charge in [0, 0.05) is 12.6 Å². The normalized spacial score (nSPS) is 15.0. The van der Waals surface area contributed by atoms with Gasteiger partial charge in [0.2, 0.25) is 0 Å². The van der Waals surface area contributed by atoms with Crippen molar-refractivity contribution in [2.45, 2.75) is 56.9 Å². The molecule has 4 aromatic rings. The SMILES string of the molecule is CC(C)(C)OC(=O)[C@H](C[C@H](O)CC(=O)c1ccccn1)NC1(c2ccccc2)c2ccccc2-c2ccccc21. The summed E-state index contributed by atoms with van der Waals surface area (Å²) in [4.78, 5) is 30.7. The van der Waals surface area contributed by atoms with E-state index in [0.29, 0.717) is 0 Å². The predicted molar refractivity (Wildman–Crippen MR) is 155 cm³/mol. The summed E-state index contributed by atoms with van der Waals surface area (Å²) >= 11 is 0. The molecule has 1 aliphatic carbocycles. The monoisotopic (exact) mass is 534 g/mol. The third kappa shape index (κ3) is 5.46. The highest BCUT2D eigenvalue weighted by atomic mass is 16.6. The molecular weight excluding hydrogens is 500 g/mol. The quantitative estimate of drug-likeness (QED) is 0.212. The summed E-state index contributed by atoms with van der Waals surface area (Å²) in [6, 6.07) is 30.5. The molecule has 1 heterocycles. The lowest BCUT2D eigenvalue weighted by molar-refractivity contribution is -0.158. The zero-order valence-corrected chi connectivity index (χ0v) is 23.0. The third-order valence-electron chi connectivity index (χ3n) is 7.12. The maximum atomic E-state index is 13.7. The number of aromatic nitrogens is 1. The number of nitrogens with zero attached hydrogens (tertiary/aromatic N) is 1. The number of aliphatic hydroxyl groups excluding tert-OH is 1. The fourth-order valence-electron chi connectivity index (χ4n) is 5.52. The fraction of sp³-hybridized carbons (Fsp3) is 0.265. The molecule has 0 radical (unpaired) electrons. The molecule has 0 bridgehead atoms. The van der Waals surface area contributed by atoms with Gasteiger partial charge < -0.3 is 9.84 Å². The molecule has 0 spiro atoms. The summed E-state index contributed by atoms with van der Waals surface area (Å²) in [5.41, 5.74) is 3.78. The van der Waals surface area contributed by atoms with Crippen LogP contribution in [0.5, 0.6) is 0 Å². The first kappa shape index (κ1) is 27.4. The van der Waals surface area contributed by atoms with Crippen LogP contribution < -0.4 is 5.32 Å². The number of esters is 1. The Kier molecular flexibility index (Phi) is 7.66. The number of hydrogen-bond donors (Lipinski definition) is 2. The van der Waals surface area contributed by atoms with E-state index in [1.54, 1.807) is 24.4 Å². The van der Waals surface area contributed by atoms with Crippen molar-refractivity contribution in [3.63, 3.8) is 0 Å². The number of rotatable bonds is 9. The van der Waals surface area contributed by atoms with E-state index in [4.69, 9.17) is 4.74 Å². The summed E-state index contributed by atoms with van der Waals surface area (Å²) in [6.45, 7) is 5.45. The van der Waals surface area contributed by atoms with Gasteiger partial charge in [-0.25, -0.2) is 0 Å². The van der Waals surface area contributed by atoms with E-state index in [-0.39, 0.29) is 24.3 Å². The molecule has 1 aromatic heterocycles. The van der Waals surface area contributed by atoms with Crippen LogP contribution in [0.3, 0.4) is 0 Å². The number of ketones is 1. The van der Waals surface area contributed by atoms with Gasteiger partial charge in [-0.05, 0) is 67.1 Å². The Balaban J connectivity index is 1.57. The molecule has 0 fully saturated rings. The van der Waals surface area contributed by atoms with Crippen LogP contribution in [0.25, 0.3) is 11.1 Å². The number of Topliss-reactive ketones (excluding diaryl/α,β-unsaturated/α-hetero) is 1. The van der Waals surface area contributed by atoms with E-state index in [9.17, 15) is 14.7 Å². The molecule has 0 unspecified atom stereocenters. The summed E-state index contributed by atoms with van der Waals surface area (Å²) in [5, 5.41) is 14.8. The van der Waals surface area contributed by atoms with Crippen molar-refractivity contribution in [2.75, 3.05) is 0 Å². The number of nitrogens with one attached hydrogen (secondary N) is 1. The second-order valence-corrected chi connectivity index (χ2v) is 11.2. The van der Waals surface area contributed by atoms with Crippen molar-refractivity contribution >= 4 is 11.8 Å². The molecule has 0 saturated heterocycles. The van der Waals surface area contributed by atoms with Crippen LogP contribution in [0.4, 0.5) is 0 Å². The molecule has 0 amide bonds. The lowest BCUT2D eigenvalue weighted by Gasteiger charge is -2.38. The van der Waals surface area contributed by atoms with Crippen LogP contribution in [-0.2, 0) is 15.1 Å². The lowest BCUT2D eigenvalue weighted by Crippen LogP contribution is -2.54. The topological polar surface area (TPSA) is 88.5 Å². The molecule has 5 rings (SSSR count). The van der Waals surface area contributed by atoms with Gasteiger partial charge >= 0.3 is 5.97 Å². The number of ether oxygens (including phenoxy) is 1. The molecule has 1 aliphatic rings. The van der Waals surface area contributed by atoms with E-state index in [2.05, 4.69) is 34.6 Å². The van der Waals surface area contributed by atoms with Gasteiger partial charge in [0.1, 0.15) is 17.3 Å². The number of aliphatic hydroxyl groups is 1. The smallest absolute Gasteiger partial charge is 0.323 e. The Hall–Kier alpha value is -4.13. The summed E-state index contributed by atoms with van der Waals surface area (Å²) in [5.74, 6) is -0.778. The highest BCUT2D eigenvalue weighted by molar-refractivity contribution is 5.94. The minimum absolute atomic E-state index is 0.0214. The Morgan fingerprint density at radius 3 is 2.00 bits per heavy atom.